The van der Waals surface area contributed by atoms with E-state index in [2.05, 4.69) is 15.8 Å². The van der Waals surface area contributed by atoms with Gasteiger partial charge in [-0.3, -0.25) is 9.59 Å². The molecule has 2 aromatic carbocycles. The Morgan fingerprint density at radius 2 is 1.68 bits per heavy atom. The Bertz CT molecular complexity index is 774. The highest BCUT2D eigenvalue weighted by Gasteiger charge is 2.04. The summed E-state index contributed by atoms with van der Waals surface area (Å²) < 4.78 is 0. The Hall–Kier alpha value is -2.31. The molecule has 0 atom stereocenters. The van der Waals surface area contributed by atoms with Crippen LogP contribution in [0.15, 0.2) is 58.5 Å². The molecule has 0 aliphatic carbocycles. The minimum atomic E-state index is -0.186. The molecular weight excluding hydrogens is 358 g/mol. The van der Waals surface area contributed by atoms with Crippen LogP contribution in [0.2, 0.25) is 5.02 Å². The second-order valence-electron chi connectivity index (χ2n) is 5.23. The summed E-state index contributed by atoms with van der Waals surface area (Å²) in [7, 11) is 0. The smallest absolute Gasteiger partial charge is 0.250 e. The van der Waals surface area contributed by atoms with Crippen LogP contribution in [-0.2, 0) is 9.59 Å². The Morgan fingerprint density at radius 1 is 1.04 bits per heavy atom. The maximum absolute atomic E-state index is 11.9. The fourth-order valence-corrected chi connectivity index (χ4v) is 2.74. The van der Waals surface area contributed by atoms with Gasteiger partial charge in [-0.05, 0) is 48.9 Å². The summed E-state index contributed by atoms with van der Waals surface area (Å²) in [6.07, 6.45) is 0. The number of rotatable bonds is 6. The number of carbonyl (C=O) groups excluding carboxylic acids is 2. The summed E-state index contributed by atoms with van der Waals surface area (Å²) in [5, 5.41) is 7.47. The molecule has 0 heterocycles. The number of benzene rings is 2. The van der Waals surface area contributed by atoms with Crippen LogP contribution in [0.3, 0.4) is 0 Å². The quantitative estimate of drug-likeness (QED) is 0.456. The molecule has 5 nitrogen and oxygen atoms in total. The number of carbonyl (C=O) groups is 2. The van der Waals surface area contributed by atoms with Gasteiger partial charge in [0.1, 0.15) is 0 Å². The Kier molecular flexibility index (Phi) is 7.03. The van der Waals surface area contributed by atoms with Crippen LogP contribution in [0.1, 0.15) is 19.4 Å². The lowest BCUT2D eigenvalue weighted by atomic mass is 10.1. The molecule has 0 bridgehead atoms. The van der Waals surface area contributed by atoms with Crippen molar-refractivity contribution in [3.63, 3.8) is 0 Å². The van der Waals surface area contributed by atoms with Crippen LogP contribution >= 0.6 is 23.4 Å². The SMILES string of the molecule is CC(=O)Nc1ccc(/C(C)=N\NC(=O)CSc2ccc(Cl)cc2)cc1. The van der Waals surface area contributed by atoms with Crippen LogP contribution in [0, 0.1) is 0 Å². The third kappa shape index (κ3) is 6.60. The highest BCUT2D eigenvalue weighted by molar-refractivity contribution is 8.00. The lowest BCUT2D eigenvalue weighted by Crippen LogP contribution is -2.21. The van der Waals surface area contributed by atoms with Crippen molar-refractivity contribution in [2.45, 2.75) is 18.7 Å². The number of hydrazone groups is 1. The highest BCUT2D eigenvalue weighted by Crippen LogP contribution is 2.19. The molecule has 2 rings (SSSR count). The fraction of sp³-hybridized carbons (Fsp3) is 0.167. The van der Waals surface area contributed by atoms with Crippen molar-refractivity contribution in [3.05, 3.63) is 59.1 Å². The van der Waals surface area contributed by atoms with Gasteiger partial charge in [-0.15, -0.1) is 11.8 Å². The zero-order chi connectivity index (χ0) is 18.2. The predicted molar refractivity (Wildman–Crippen MR) is 103 cm³/mol. The second kappa shape index (κ2) is 9.25. The predicted octanol–water partition coefficient (Wildman–Crippen LogP) is 3.93. The van der Waals surface area contributed by atoms with E-state index in [-0.39, 0.29) is 17.6 Å². The molecule has 0 spiro atoms. The van der Waals surface area contributed by atoms with Crippen molar-refractivity contribution in [2.24, 2.45) is 5.10 Å². The summed E-state index contributed by atoms with van der Waals surface area (Å²) >= 11 is 7.24. The number of hydrogen-bond acceptors (Lipinski definition) is 4. The number of halogens is 1. The van der Waals surface area contributed by atoms with E-state index in [9.17, 15) is 9.59 Å². The van der Waals surface area contributed by atoms with E-state index >= 15 is 0 Å². The van der Waals surface area contributed by atoms with Crippen molar-refractivity contribution < 1.29 is 9.59 Å². The lowest BCUT2D eigenvalue weighted by molar-refractivity contribution is -0.118. The number of nitrogens with one attached hydrogen (secondary N) is 2. The molecule has 25 heavy (non-hydrogen) atoms. The van der Waals surface area contributed by atoms with Gasteiger partial charge in [0.05, 0.1) is 11.5 Å². The topological polar surface area (TPSA) is 70.6 Å². The van der Waals surface area contributed by atoms with E-state index in [0.29, 0.717) is 16.4 Å². The first-order valence-electron chi connectivity index (χ1n) is 7.53. The Labute approximate surface area is 155 Å². The fourth-order valence-electron chi connectivity index (χ4n) is 1.92. The average molecular weight is 376 g/mol. The zero-order valence-electron chi connectivity index (χ0n) is 13.9. The summed E-state index contributed by atoms with van der Waals surface area (Å²) in [5.41, 5.74) is 4.80. The van der Waals surface area contributed by atoms with Crippen LogP contribution < -0.4 is 10.7 Å². The van der Waals surface area contributed by atoms with Crippen molar-refractivity contribution in [1.29, 1.82) is 0 Å². The van der Waals surface area contributed by atoms with E-state index in [1.807, 2.05) is 24.3 Å². The largest absolute Gasteiger partial charge is 0.326 e. The molecule has 7 heteroatoms. The molecule has 2 amide bonds. The van der Waals surface area contributed by atoms with Crippen molar-refractivity contribution in [3.8, 4) is 0 Å². The number of thioether (sulfide) groups is 1. The number of nitrogens with zero attached hydrogens (tertiary/aromatic N) is 1. The van der Waals surface area contributed by atoms with Crippen molar-refractivity contribution in [2.75, 3.05) is 11.1 Å². The van der Waals surface area contributed by atoms with Gasteiger partial charge < -0.3 is 5.32 Å². The van der Waals surface area contributed by atoms with Gasteiger partial charge in [0.15, 0.2) is 0 Å². The van der Waals surface area contributed by atoms with Crippen molar-refractivity contribution in [1.82, 2.24) is 5.43 Å². The summed E-state index contributed by atoms with van der Waals surface area (Å²) in [5.74, 6) is -0.0439. The molecule has 2 N–H and O–H groups in total. The Morgan fingerprint density at radius 3 is 2.28 bits per heavy atom. The van der Waals surface area contributed by atoms with E-state index in [1.54, 1.807) is 31.2 Å². The van der Waals surface area contributed by atoms with Gasteiger partial charge in [0.2, 0.25) is 11.8 Å². The lowest BCUT2D eigenvalue weighted by Gasteiger charge is -2.05. The first-order chi connectivity index (χ1) is 11.9. The summed E-state index contributed by atoms with van der Waals surface area (Å²) in [6, 6.07) is 14.5. The molecule has 2 aromatic rings. The maximum atomic E-state index is 11.9. The molecule has 130 valence electrons. The molecule has 0 radical (unpaired) electrons. The normalized spacial score (nSPS) is 11.1. The monoisotopic (exact) mass is 375 g/mol. The molecular formula is C18H18ClN3O2S. The van der Waals surface area contributed by atoms with Gasteiger partial charge in [-0.25, -0.2) is 5.43 Å². The Balaban J connectivity index is 1.86. The maximum Gasteiger partial charge on any atom is 0.250 e. The highest BCUT2D eigenvalue weighted by atomic mass is 35.5. The van der Waals surface area contributed by atoms with Gasteiger partial charge in [0.25, 0.3) is 0 Å². The third-order valence-corrected chi connectivity index (χ3v) is 4.42. The van der Waals surface area contributed by atoms with Crippen molar-refractivity contribution >= 4 is 46.6 Å². The van der Waals surface area contributed by atoms with Crippen LogP contribution in [0.25, 0.3) is 0 Å². The molecule has 0 saturated carbocycles. The minimum absolute atomic E-state index is 0.122. The van der Waals surface area contributed by atoms with Gasteiger partial charge in [0, 0.05) is 22.5 Å². The van der Waals surface area contributed by atoms with Crippen LogP contribution in [-0.4, -0.2) is 23.3 Å². The van der Waals surface area contributed by atoms with E-state index < -0.39 is 0 Å². The second-order valence-corrected chi connectivity index (χ2v) is 6.72. The molecule has 0 unspecified atom stereocenters. The molecule has 0 aliphatic heterocycles. The minimum Gasteiger partial charge on any atom is -0.326 e. The number of anilines is 1. The first kappa shape index (κ1) is 19.0. The average Bonchev–Trinajstić information content (AvgIpc) is 2.59. The summed E-state index contributed by atoms with van der Waals surface area (Å²) in [4.78, 5) is 23.8. The van der Waals surface area contributed by atoms with E-state index in [0.717, 1.165) is 10.5 Å². The van der Waals surface area contributed by atoms with Gasteiger partial charge in [-0.1, -0.05) is 23.7 Å². The third-order valence-electron chi connectivity index (χ3n) is 3.15. The summed E-state index contributed by atoms with van der Waals surface area (Å²) in [6.45, 7) is 3.26. The van der Waals surface area contributed by atoms with Gasteiger partial charge >= 0.3 is 0 Å². The molecule has 0 aromatic heterocycles. The van der Waals surface area contributed by atoms with Gasteiger partial charge in [-0.2, -0.15) is 5.10 Å². The number of amides is 2. The zero-order valence-corrected chi connectivity index (χ0v) is 15.4. The number of hydrogen-bond donors (Lipinski definition) is 2. The van der Waals surface area contributed by atoms with E-state index in [4.69, 9.17) is 11.6 Å². The van der Waals surface area contributed by atoms with Crippen LogP contribution in [0.5, 0.6) is 0 Å². The van der Waals surface area contributed by atoms with E-state index in [1.165, 1.54) is 18.7 Å². The first-order valence-corrected chi connectivity index (χ1v) is 8.90. The molecule has 0 aliphatic rings. The molecule has 0 fully saturated rings. The molecule has 0 saturated heterocycles. The standard InChI is InChI=1S/C18H18ClN3O2S/c1-12(14-3-7-16(8-4-14)20-13(2)23)21-22-18(24)11-25-17-9-5-15(19)6-10-17/h3-10H,11H2,1-2H3,(H,20,23)(H,22,24)/b21-12-. The van der Waals surface area contributed by atoms with Crippen LogP contribution in [0.4, 0.5) is 5.69 Å².